The van der Waals surface area contributed by atoms with Crippen LogP contribution in [-0.4, -0.2) is 25.0 Å². The van der Waals surface area contributed by atoms with E-state index in [1.54, 1.807) is 0 Å². The molecule has 0 saturated carbocycles. The van der Waals surface area contributed by atoms with Crippen LogP contribution in [0.3, 0.4) is 0 Å². The number of nitrogens with zero attached hydrogens (tertiary/aromatic N) is 1. The first-order valence-corrected chi connectivity index (χ1v) is 1.97. The zero-order valence-corrected chi connectivity index (χ0v) is 4.44. The summed E-state index contributed by atoms with van der Waals surface area (Å²) < 4.78 is 0. The zero-order chi connectivity index (χ0) is 5.15. The Labute approximate surface area is 40.0 Å². The molecule has 1 nitrogen and oxygen atoms in total. The van der Waals surface area contributed by atoms with Crippen LogP contribution in [0.1, 0.15) is 0 Å². The second-order valence-electron chi connectivity index (χ2n) is 1.62. The van der Waals surface area contributed by atoms with E-state index in [2.05, 4.69) is 13.8 Å². The molecule has 0 bridgehead atoms. The lowest BCUT2D eigenvalue weighted by Gasteiger charge is -2.12. The van der Waals surface area contributed by atoms with Crippen LogP contribution in [-0.2, 0) is 0 Å². The van der Waals surface area contributed by atoms with Crippen LogP contribution >= 0.6 is 0 Å². The predicted molar refractivity (Wildman–Crippen MR) is 28.2 cm³/mol. The van der Waals surface area contributed by atoms with Crippen molar-refractivity contribution in [2.24, 2.45) is 0 Å². The molecule has 0 heterocycles. The highest BCUT2D eigenvalue weighted by molar-refractivity contribution is 4.68. The lowest BCUT2D eigenvalue weighted by atomic mass is 10.4. The van der Waals surface area contributed by atoms with E-state index in [0.29, 0.717) is 0 Å². The number of rotatable bonds is 1. The van der Waals surface area contributed by atoms with Crippen molar-refractivity contribution in [2.75, 3.05) is 14.1 Å². The fourth-order valence-electron chi connectivity index (χ4n) is 0. The minimum Gasteiger partial charge on any atom is -0.306 e. The summed E-state index contributed by atoms with van der Waals surface area (Å²) in [4.78, 5) is 1.94. The highest BCUT2D eigenvalue weighted by atomic mass is 15.1. The summed E-state index contributed by atoms with van der Waals surface area (Å²) in [6.45, 7) is 7.31. The summed E-state index contributed by atoms with van der Waals surface area (Å²) >= 11 is 0. The molecule has 0 aliphatic heterocycles. The molecule has 0 spiro atoms. The molecule has 0 atom stereocenters. The van der Waals surface area contributed by atoms with Crippen molar-refractivity contribution >= 4 is 0 Å². The SMILES string of the molecule is [CH2]C([CH2])N(C)C. The third kappa shape index (κ3) is 2.21. The van der Waals surface area contributed by atoms with Gasteiger partial charge in [0.15, 0.2) is 0 Å². The molecule has 0 N–H and O–H groups in total. The molecule has 0 aliphatic rings. The van der Waals surface area contributed by atoms with Crippen molar-refractivity contribution in [2.45, 2.75) is 6.04 Å². The Morgan fingerprint density at radius 1 is 1.33 bits per heavy atom. The van der Waals surface area contributed by atoms with Gasteiger partial charge in [0, 0.05) is 6.04 Å². The first-order valence-electron chi connectivity index (χ1n) is 1.97. The van der Waals surface area contributed by atoms with Gasteiger partial charge in [0.1, 0.15) is 0 Å². The maximum absolute atomic E-state index is 3.65. The van der Waals surface area contributed by atoms with Gasteiger partial charge in [-0.2, -0.15) is 0 Å². The average molecular weight is 85.1 g/mol. The van der Waals surface area contributed by atoms with E-state index >= 15 is 0 Å². The maximum Gasteiger partial charge on any atom is 0.00903 e. The topological polar surface area (TPSA) is 3.24 Å². The number of hydrogen-bond donors (Lipinski definition) is 0. The average Bonchev–Trinajstić information content (AvgIpc) is 1.36. The van der Waals surface area contributed by atoms with Crippen LogP contribution in [0.25, 0.3) is 0 Å². The van der Waals surface area contributed by atoms with Gasteiger partial charge in [-0.15, -0.1) is 0 Å². The van der Waals surface area contributed by atoms with Crippen molar-refractivity contribution in [3.8, 4) is 0 Å². The Kier molecular flexibility index (Phi) is 2.18. The molecular formula is C5H11N. The van der Waals surface area contributed by atoms with E-state index in [9.17, 15) is 0 Å². The Morgan fingerprint density at radius 2 is 1.50 bits per heavy atom. The first kappa shape index (κ1) is 5.96. The molecule has 1 heteroatoms. The van der Waals surface area contributed by atoms with Crippen molar-refractivity contribution in [1.82, 2.24) is 4.90 Å². The summed E-state index contributed by atoms with van der Waals surface area (Å²) in [5, 5.41) is 0. The summed E-state index contributed by atoms with van der Waals surface area (Å²) in [7, 11) is 3.90. The first-order chi connectivity index (χ1) is 2.64. The fraction of sp³-hybridized carbons (Fsp3) is 0.600. The minimum absolute atomic E-state index is 0.185. The molecule has 0 fully saturated rings. The van der Waals surface area contributed by atoms with Crippen LogP contribution in [0.15, 0.2) is 0 Å². The quantitative estimate of drug-likeness (QED) is 0.450. The standard InChI is InChI=1S/C5H11N/c1-5(2)6(3)4/h5H,1-2H2,3-4H3. The van der Waals surface area contributed by atoms with Gasteiger partial charge < -0.3 is 4.90 Å². The molecule has 0 rings (SSSR count). The van der Waals surface area contributed by atoms with Gasteiger partial charge in [0.25, 0.3) is 0 Å². The fourth-order valence-corrected chi connectivity index (χ4v) is 0. The maximum atomic E-state index is 3.65. The van der Waals surface area contributed by atoms with Gasteiger partial charge in [-0.25, -0.2) is 0 Å². The lowest BCUT2D eigenvalue weighted by molar-refractivity contribution is 0.387. The van der Waals surface area contributed by atoms with Gasteiger partial charge in [-0.3, -0.25) is 0 Å². The van der Waals surface area contributed by atoms with Gasteiger partial charge in [-0.05, 0) is 27.9 Å². The van der Waals surface area contributed by atoms with Crippen LogP contribution in [0.4, 0.5) is 0 Å². The molecule has 0 aromatic rings. The highest BCUT2D eigenvalue weighted by Gasteiger charge is 1.90. The van der Waals surface area contributed by atoms with Gasteiger partial charge in [0.2, 0.25) is 0 Å². The molecule has 6 heavy (non-hydrogen) atoms. The normalized spacial score (nSPS) is 11.0. The molecule has 0 amide bonds. The molecule has 0 saturated heterocycles. The minimum atomic E-state index is 0.185. The van der Waals surface area contributed by atoms with Crippen molar-refractivity contribution in [3.63, 3.8) is 0 Å². The van der Waals surface area contributed by atoms with Crippen LogP contribution in [0, 0.1) is 13.8 Å². The summed E-state index contributed by atoms with van der Waals surface area (Å²) in [6.07, 6.45) is 0. The summed E-state index contributed by atoms with van der Waals surface area (Å²) in [5.74, 6) is 0. The number of hydrogen-bond acceptors (Lipinski definition) is 1. The molecule has 0 aliphatic carbocycles. The molecule has 36 valence electrons. The Morgan fingerprint density at radius 3 is 1.50 bits per heavy atom. The molecule has 0 unspecified atom stereocenters. The van der Waals surface area contributed by atoms with E-state index < -0.39 is 0 Å². The van der Waals surface area contributed by atoms with Gasteiger partial charge in [0.05, 0.1) is 0 Å². The van der Waals surface area contributed by atoms with Crippen LogP contribution < -0.4 is 0 Å². The Balaban J connectivity index is 2.99. The monoisotopic (exact) mass is 85.1 g/mol. The van der Waals surface area contributed by atoms with Crippen molar-refractivity contribution in [3.05, 3.63) is 13.8 Å². The summed E-state index contributed by atoms with van der Waals surface area (Å²) in [5.41, 5.74) is 0. The second kappa shape index (κ2) is 2.19. The smallest absolute Gasteiger partial charge is 0.00903 e. The third-order valence-electron chi connectivity index (χ3n) is 0.730. The Hall–Kier alpha value is -0.0400. The van der Waals surface area contributed by atoms with Crippen molar-refractivity contribution in [1.29, 1.82) is 0 Å². The third-order valence-corrected chi connectivity index (χ3v) is 0.730. The van der Waals surface area contributed by atoms with E-state index in [-0.39, 0.29) is 6.04 Å². The Bertz CT molecular complexity index is 24.9. The van der Waals surface area contributed by atoms with Crippen LogP contribution in [0.2, 0.25) is 0 Å². The molecule has 0 aromatic carbocycles. The lowest BCUT2D eigenvalue weighted by Crippen LogP contribution is -2.20. The van der Waals surface area contributed by atoms with E-state index in [1.807, 2.05) is 19.0 Å². The van der Waals surface area contributed by atoms with E-state index in [4.69, 9.17) is 0 Å². The predicted octanol–water partition coefficient (Wildman–Crippen LogP) is 0.585. The molecule has 2 radical (unpaired) electrons. The van der Waals surface area contributed by atoms with E-state index in [0.717, 1.165) is 0 Å². The van der Waals surface area contributed by atoms with Gasteiger partial charge >= 0.3 is 0 Å². The second-order valence-corrected chi connectivity index (χ2v) is 1.62. The molecule has 0 aromatic heterocycles. The largest absolute Gasteiger partial charge is 0.306 e. The molecular weight excluding hydrogens is 74.1 g/mol. The van der Waals surface area contributed by atoms with Gasteiger partial charge in [-0.1, -0.05) is 0 Å². The van der Waals surface area contributed by atoms with E-state index in [1.165, 1.54) is 0 Å². The van der Waals surface area contributed by atoms with Crippen LogP contribution in [0.5, 0.6) is 0 Å². The highest BCUT2D eigenvalue weighted by Crippen LogP contribution is 1.82. The summed E-state index contributed by atoms with van der Waals surface area (Å²) in [6, 6.07) is 0.185. The zero-order valence-electron chi connectivity index (χ0n) is 4.44. The van der Waals surface area contributed by atoms with Crippen molar-refractivity contribution < 1.29 is 0 Å².